The zero-order valence-electron chi connectivity index (χ0n) is 16.6. The molecule has 3 amide bonds. The molecule has 3 saturated heterocycles. The number of hydrogen-bond acceptors (Lipinski definition) is 4. The molecular formula is C20H23F4N3O4. The molecule has 3 aliphatic heterocycles. The number of amides is 3. The fraction of sp³-hybridized carbons (Fsp3) is 0.600. The van der Waals surface area contributed by atoms with Gasteiger partial charge in [-0.1, -0.05) is 6.07 Å². The van der Waals surface area contributed by atoms with Gasteiger partial charge in [-0.25, -0.2) is 9.18 Å². The third-order valence-electron chi connectivity index (χ3n) is 6.15. The summed E-state index contributed by atoms with van der Waals surface area (Å²) in [4.78, 5) is 27.5. The van der Waals surface area contributed by atoms with Crippen molar-refractivity contribution in [3.05, 3.63) is 35.1 Å². The molecule has 31 heavy (non-hydrogen) atoms. The number of halogens is 4. The number of hydrogen-bond donors (Lipinski definition) is 2. The minimum atomic E-state index is -4.61. The smallest absolute Gasteiger partial charge is 0.392 e. The lowest BCUT2D eigenvalue weighted by molar-refractivity contribution is -0.137. The number of urea groups is 1. The van der Waals surface area contributed by atoms with Crippen LogP contribution in [0.5, 0.6) is 0 Å². The van der Waals surface area contributed by atoms with Crippen molar-refractivity contribution in [1.82, 2.24) is 15.1 Å². The average Bonchev–Trinajstić information content (AvgIpc) is 2.66. The van der Waals surface area contributed by atoms with Crippen molar-refractivity contribution in [1.29, 1.82) is 0 Å². The number of aliphatic hydroxyl groups is 1. The number of carbonyl (C=O) groups excluding carboxylic acids is 2. The number of carbonyl (C=O) groups is 2. The third-order valence-corrected chi connectivity index (χ3v) is 6.15. The predicted molar refractivity (Wildman–Crippen MR) is 99.2 cm³/mol. The zero-order chi connectivity index (χ0) is 22.3. The van der Waals surface area contributed by atoms with Gasteiger partial charge in [0.05, 0.1) is 49.9 Å². The SMILES string of the molecule is O=C1CC(O)C2CCN(C(=O)N3CC(OCc4ccc(C(F)(F)F)cc4F)C3)CC2N1. The second kappa shape index (κ2) is 8.27. The van der Waals surface area contributed by atoms with E-state index in [-0.39, 0.29) is 48.6 Å². The van der Waals surface area contributed by atoms with Gasteiger partial charge in [-0.05, 0) is 18.6 Å². The van der Waals surface area contributed by atoms with Crippen LogP contribution < -0.4 is 5.32 Å². The average molecular weight is 445 g/mol. The topological polar surface area (TPSA) is 82.1 Å². The summed E-state index contributed by atoms with van der Waals surface area (Å²) in [5.74, 6) is -1.27. The van der Waals surface area contributed by atoms with E-state index in [9.17, 15) is 32.3 Å². The van der Waals surface area contributed by atoms with Gasteiger partial charge in [0.2, 0.25) is 5.91 Å². The molecule has 2 N–H and O–H groups in total. The maximum absolute atomic E-state index is 13.9. The molecular weight excluding hydrogens is 422 g/mol. The van der Waals surface area contributed by atoms with Crippen LogP contribution in [0.4, 0.5) is 22.4 Å². The third kappa shape index (κ3) is 4.62. The number of likely N-dealkylation sites (tertiary alicyclic amines) is 2. The monoisotopic (exact) mass is 445 g/mol. The predicted octanol–water partition coefficient (Wildman–Crippen LogP) is 1.74. The van der Waals surface area contributed by atoms with Crippen LogP contribution in [-0.2, 0) is 22.3 Å². The molecule has 0 radical (unpaired) electrons. The Bertz CT molecular complexity index is 859. The fourth-order valence-corrected chi connectivity index (χ4v) is 4.31. The van der Waals surface area contributed by atoms with E-state index < -0.39 is 23.7 Å². The van der Waals surface area contributed by atoms with E-state index in [1.165, 1.54) is 0 Å². The summed E-state index contributed by atoms with van der Waals surface area (Å²) >= 11 is 0. The van der Waals surface area contributed by atoms with Gasteiger partial charge in [0.15, 0.2) is 0 Å². The summed E-state index contributed by atoms with van der Waals surface area (Å²) < 4.78 is 57.2. The molecule has 1 aromatic carbocycles. The lowest BCUT2D eigenvalue weighted by Gasteiger charge is -2.47. The van der Waals surface area contributed by atoms with Crippen LogP contribution in [0.2, 0.25) is 0 Å². The summed E-state index contributed by atoms with van der Waals surface area (Å²) in [6.45, 7) is 1.20. The van der Waals surface area contributed by atoms with Crippen LogP contribution >= 0.6 is 0 Å². The summed E-state index contributed by atoms with van der Waals surface area (Å²) in [6, 6.07) is 1.83. The number of nitrogens with one attached hydrogen (secondary N) is 1. The summed E-state index contributed by atoms with van der Waals surface area (Å²) in [6.07, 6.45) is -4.96. The number of aliphatic hydroxyl groups excluding tert-OH is 1. The molecule has 11 heteroatoms. The summed E-state index contributed by atoms with van der Waals surface area (Å²) in [5.41, 5.74) is -1.04. The molecule has 170 valence electrons. The second-order valence-electron chi connectivity index (χ2n) is 8.27. The van der Waals surface area contributed by atoms with Gasteiger partial charge in [-0.15, -0.1) is 0 Å². The van der Waals surface area contributed by atoms with Crippen molar-refractivity contribution in [2.45, 2.75) is 43.9 Å². The Morgan fingerprint density at radius 2 is 1.97 bits per heavy atom. The van der Waals surface area contributed by atoms with Crippen molar-refractivity contribution in [2.24, 2.45) is 5.92 Å². The van der Waals surface area contributed by atoms with E-state index in [0.29, 0.717) is 38.7 Å². The van der Waals surface area contributed by atoms with Crippen LogP contribution in [0.3, 0.4) is 0 Å². The highest BCUT2D eigenvalue weighted by molar-refractivity contribution is 5.79. The lowest BCUT2D eigenvalue weighted by Crippen LogP contribution is -2.64. The van der Waals surface area contributed by atoms with Crippen LogP contribution in [0.15, 0.2) is 18.2 Å². The molecule has 3 aliphatic rings. The van der Waals surface area contributed by atoms with E-state index in [1.54, 1.807) is 9.80 Å². The number of ether oxygens (including phenoxy) is 1. The second-order valence-corrected chi connectivity index (χ2v) is 8.27. The number of piperidine rings is 2. The molecule has 3 atom stereocenters. The Kier molecular flexibility index (Phi) is 5.82. The molecule has 0 saturated carbocycles. The van der Waals surface area contributed by atoms with E-state index in [0.717, 1.165) is 12.1 Å². The van der Waals surface area contributed by atoms with Crippen LogP contribution in [0, 0.1) is 11.7 Å². The molecule has 1 aromatic rings. The van der Waals surface area contributed by atoms with Gasteiger partial charge in [0, 0.05) is 24.6 Å². The van der Waals surface area contributed by atoms with Crippen molar-refractivity contribution in [2.75, 3.05) is 26.2 Å². The van der Waals surface area contributed by atoms with Crippen molar-refractivity contribution in [3.8, 4) is 0 Å². The summed E-state index contributed by atoms with van der Waals surface area (Å²) in [5, 5.41) is 12.9. The molecule has 3 heterocycles. The maximum Gasteiger partial charge on any atom is 0.416 e. The van der Waals surface area contributed by atoms with Crippen LogP contribution in [0.25, 0.3) is 0 Å². The first kappa shape index (κ1) is 21.8. The molecule has 3 unspecified atom stereocenters. The quantitative estimate of drug-likeness (QED) is 0.695. The molecule has 0 aromatic heterocycles. The van der Waals surface area contributed by atoms with Gasteiger partial charge in [-0.3, -0.25) is 4.79 Å². The first-order valence-corrected chi connectivity index (χ1v) is 10.1. The number of rotatable bonds is 3. The van der Waals surface area contributed by atoms with Crippen molar-refractivity contribution >= 4 is 11.9 Å². The number of fused-ring (bicyclic) bond motifs is 1. The van der Waals surface area contributed by atoms with E-state index in [2.05, 4.69) is 5.32 Å². The first-order chi connectivity index (χ1) is 14.6. The standard InChI is InChI=1S/C20H23F4N3O4/c21-15-5-12(20(22,23)24)2-1-11(15)10-31-13-7-27(8-13)19(30)26-4-3-14-16(9-26)25-18(29)6-17(14)28/h1-2,5,13-14,16-17,28H,3-4,6-10H2,(H,25,29). The summed E-state index contributed by atoms with van der Waals surface area (Å²) in [7, 11) is 0. The van der Waals surface area contributed by atoms with Crippen molar-refractivity contribution < 1.29 is 37.0 Å². The Morgan fingerprint density at radius 1 is 1.23 bits per heavy atom. The van der Waals surface area contributed by atoms with Crippen molar-refractivity contribution in [3.63, 3.8) is 0 Å². The largest absolute Gasteiger partial charge is 0.416 e. The fourth-order valence-electron chi connectivity index (χ4n) is 4.31. The highest BCUT2D eigenvalue weighted by atomic mass is 19.4. The van der Waals surface area contributed by atoms with Gasteiger partial charge >= 0.3 is 12.2 Å². The highest BCUT2D eigenvalue weighted by Gasteiger charge is 2.42. The number of benzene rings is 1. The normalized spacial score (nSPS) is 26.9. The zero-order valence-corrected chi connectivity index (χ0v) is 16.6. The number of nitrogens with zero attached hydrogens (tertiary/aromatic N) is 2. The molecule has 0 bridgehead atoms. The molecule has 3 fully saturated rings. The molecule has 7 nitrogen and oxygen atoms in total. The van der Waals surface area contributed by atoms with Crippen LogP contribution in [-0.4, -0.2) is 71.3 Å². The highest BCUT2D eigenvalue weighted by Crippen LogP contribution is 2.31. The van der Waals surface area contributed by atoms with Gasteiger partial charge in [0.25, 0.3) is 0 Å². The van der Waals surface area contributed by atoms with E-state index in [1.807, 2.05) is 0 Å². The molecule has 0 spiro atoms. The Labute approximate surface area is 175 Å². The Hall–Kier alpha value is -2.40. The maximum atomic E-state index is 13.9. The first-order valence-electron chi connectivity index (χ1n) is 10.1. The Balaban J connectivity index is 1.24. The van der Waals surface area contributed by atoms with Gasteiger partial charge < -0.3 is 25.0 Å². The van der Waals surface area contributed by atoms with Gasteiger partial charge in [-0.2, -0.15) is 13.2 Å². The molecule has 0 aliphatic carbocycles. The minimum Gasteiger partial charge on any atom is -0.392 e. The number of alkyl halides is 3. The van der Waals surface area contributed by atoms with Gasteiger partial charge in [0.1, 0.15) is 5.82 Å². The minimum absolute atomic E-state index is 0.0199. The lowest BCUT2D eigenvalue weighted by atomic mass is 9.82. The van der Waals surface area contributed by atoms with Crippen LogP contribution in [0.1, 0.15) is 24.0 Å². The Morgan fingerprint density at radius 3 is 2.65 bits per heavy atom. The van der Waals surface area contributed by atoms with E-state index >= 15 is 0 Å². The van der Waals surface area contributed by atoms with E-state index in [4.69, 9.17) is 4.74 Å². The molecule has 4 rings (SSSR count).